The third-order valence-corrected chi connectivity index (χ3v) is 3.38. The van der Waals surface area contributed by atoms with E-state index in [0.717, 1.165) is 29.8 Å². The minimum absolute atomic E-state index is 0.841. The summed E-state index contributed by atoms with van der Waals surface area (Å²) in [5, 5.41) is 0. The van der Waals surface area contributed by atoms with Crippen molar-refractivity contribution in [2.24, 2.45) is 4.99 Å². The lowest BCUT2D eigenvalue weighted by atomic mass is 10.0. The van der Waals surface area contributed by atoms with Crippen molar-refractivity contribution in [1.82, 2.24) is 0 Å². The first kappa shape index (κ1) is 16.7. The average molecular weight is 277 g/mol. The summed E-state index contributed by atoms with van der Waals surface area (Å²) in [6.45, 7) is 7.01. The van der Waals surface area contributed by atoms with Crippen molar-refractivity contribution >= 4 is 11.3 Å². The molecule has 0 saturated heterocycles. The summed E-state index contributed by atoms with van der Waals surface area (Å²) in [5.41, 5.74) is 4.62. The normalized spacial score (nSPS) is 13.9. The monoisotopic (exact) mass is 277 g/mol. The minimum atomic E-state index is 0.841. The average Bonchev–Trinajstić information content (AvgIpc) is 2.57. The number of nitrogens with zero attached hydrogens (tertiary/aromatic N) is 1. The molecule has 2 rings (SSSR count). The number of aliphatic imine (C=N–C) groups is 1. The van der Waals surface area contributed by atoms with Crippen molar-refractivity contribution < 1.29 is 0 Å². The number of terminal acetylenes is 1. The Hall–Kier alpha value is -2.33. The van der Waals surface area contributed by atoms with Crippen molar-refractivity contribution in [3.63, 3.8) is 0 Å². The molecule has 0 radical (unpaired) electrons. The van der Waals surface area contributed by atoms with Crippen LogP contribution in [0.3, 0.4) is 0 Å². The van der Waals surface area contributed by atoms with Gasteiger partial charge in [-0.15, -0.1) is 12.8 Å². The second kappa shape index (κ2) is 9.55. The zero-order valence-corrected chi connectivity index (χ0v) is 12.8. The van der Waals surface area contributed by atoms with E-state index in [1.165, 1.54) is 18.4 Å². The molecule has 0 amide bonds. The number of rotatable bonds is 5. The quantitative estimate of drug-likeness (QED) is 0.526. The second-order valence-electron chi connectivity index (χ2n) is 4.82. The summed E-state index contributed by atoms with van der Waals surface area (Å²) in [7, 11) is 0. The molecule has 0 bridgehead atoms. The van der Waals surface area contributed by atoms with Gasteiger partial charge in [-0.3, -0.25) is 4.99 Å². The van der Waals surface area contributed by atoms with Gasteiger partial charge in [0.05, 0.1) is 0 Å². The van der Waals surface area contributed by atoms with Gasteiger partial charge in [0.25, 0.3) is 0 Å². The Kier molecular flexibility index (Phi) is 7.61. The van der Waals surface area contributed by atoms with Gasteiger partial charge in [-0.1, -0.05) is 60.7 Å². The largest absolute Gasteiger partial charge is 0.289 e. The molecule has 0 spiro atoms. The molecule has 21 heavy (non-hydrogen) atoms. The van der Waals surface area contributed by atoms with Crippen LogP contribution in [0, 0.1) is 12.8 Å². The first-order chi connectivity index (χ1) is 10.3. The van der Waals surface area contributed by atoms with Crippen LogP contribution in [0.15, 0.2) is 65.7 Å². The van der Waals surface area contributed by atoms with Crippen LogP contribution in [0.4, 0.5) is 0 Å². The number of allylic oxidation sites excluding steroid dienone is 4. The van der Waals surface area contributed by atoms with Crippen LogP contribution < -0.4 is 0 Å². The molecule has 1 heteroatoms. The Bertz CT molecular complexity index is 556. The maximum absolute atomic E-state index is 4.64. The van der Waals surface area contributed by atoms with Crippen LogP contribution >= 0.6 is 0 Å². The van der Waals surface area contributed by atoms with Crippen LogP contribution in [0.1, 0.15) is 31.7 Å². The number of hydrogen-bond acceptors (Lipinski definition) is 1. The van der Waals surface area contributed by atoms with E-state index in [2.05, 4.69) is 54.8 Å². The Morgan fingerprint density at radius 2 is 1.90 bits per heavy atom. The van der Waals surface area contributed by atoms with E-state index >= 15 is 0 Å². The summed E-state index contributed by atoms with van der Waals surface area (Å²) in [6.07, 6.45) is 18.2. The topological polar surface area (TPSA) is 12.4 Å². The Balaban J connectivity index is 0.00000106. The van der Waals surface area contributed by atoms with Gasteiger partial charge in [0, 0.05) is 12.3 Å². The molecule has 1 aliphatic carbocycles. The molecule has 0 fully saturated rings. The first-order valence-electron chi connectivity index (χ1n) is 7.22. The van der Waals surface area contributed by atoms with Gasteiger partial charge in [-0.2, -0.15) is 0 Å². The highest BCUT2D eigenvalue weighted by atomic mass is 14.7. The summed E-state index contributed by atoms with van der Waals surface area (Å²) in [4.78, 5) is 4.64. The van der Waals surface area contributed by atoms with Crippen molar-refractivity contribution in [2.45, 2.75) is 26.2 Å². The van der Waals surface area contributed by atoms with E-state index in [-0.39, 0.29) is 0 Å². The van der Waals surface area contributed by atoms with Crippen molar-refractivity contribution in [3.8, 4) is 12.8 Å². The SMILES string of the molecule is C#C.C=C(C(C)=NCCC1=CCCC=C1)c1ccccc1. The number of benzene rings is 1. The molecule has 0 unspecified atom stereocenters. The van der Waals surface area contributed by atoms with E-state index in [0.29, 0.717) is 0 Å². The lowest BCUT2D eigenvalue weighted by Gasteiger charge is -2.07. The van der Waals surface area contributed by atoms with E-state index in [9.17, 15) is 0 Å². The molecule has 1 aromatic rings. The molecule has 1 aliphatic rings. The van der Waals surface area contributed by atoms with Gasteiger partial charge >= 0.3 is 0 Å². The van der Waals surface area contributed by atoms with Crippen LogP contribution in [0.2, 0.25) is 0 Å². The molecular formula is C20H23N. The van der Waals surface area contributed by atoms with Crippen LogP contribution in [-0.4, -0.2) is 12.3 Å². The highest BCUT2D eigenvalue weighted by molar-refractivity contribution is 6.21. The fourth-order valence-corrected chi connectivity index (χ4v) is 2.15. The second-order valence-corrected chi connectivity index (χ2v) is 4.82. The molecule has 0 aliphatic heterocycles. The van der Waals surface area contributed by atoms with Crippen molar-refractivity contribution in [3.05, 3.63) is 66.3 Å². The predicted molar refractivity (Wildman–Crippen MR) is 94.4 cm³/mol. The first-order valence-corrected chi connectivity index (χ1v) is 7.22. The zero-order chi connectivity index (χ0) is 15.5. The smallest absolute Gasteiger partial charge is 0.0432 e. The standard InChI is InChI=1S/C18H21N.C2H2/c1-15(18-11-7-4-8-12-18)16(2)19-14-13-17-9-5-3-6-10-17;1-2/h4-5,7-12H,1,3,6,13-14H2,2H3;1-2H. The molecule has 108 valence electrons. The highest BCUT2D eigenvalue weighted by Gasteiger charge is 2.02. The third-order valence-electron chi connectivity index (χ3n) is 3.38. The lowest BCUT2D eigenvalue weighted by molar-refractivity contribution is 0.928. The summed E-state index contributed by atoms with van der Waals surface area (Å²) in [5.74, 6) is 0. The van der Waals surface area contributed by atoms with Gasteiger partial charge in [0.15, 0.2) is 0 Å². The Morgan fingerprint density at radius 1 is 1.19 bits per heavy atom. The molecule has 0 aromatic heterocycles. The van der Waals surface area contributed by atoms with Gasteiger partial charge < -0.3 is 0 Å². The summed E-state index contributed by atoms with van der Waals surface area (Å²) in [6, 6.07) is 10.2. The van der Waals surface area contributed by atoms with Crippen LogP contribution in [-0.2, 0) is 0 Å². The van der Waals surface area contributed by atoms with Gasteiger partial charge in [0.2, 0.25) is 0 Å². The van der Waals surface area contributed by atoms with E-state index in [1.807, 2.05) is 25.1 Å². The third kappa shape index (κ3) is 5.67. The fraction of sp³-hybridized carbons (Fsp3) is 0.250. The van der Waals surface area contributed by atoms with Crippen molar-refractivity contribution in [1.29, 1.82) is 0 Å². The summed E-state index contributed by atoms with van der Waals surface area (Å²) < 4.78 is 0. The summed E-state index contributed by atoms with van der Waals surface area (Å²) >= 11 is 0. The molecule has 1 nitrogen and oxygen atoms in total. The highest BCUT2D eigenvalue weighted by Crippen LogP contribution is 2.15. The van der Waals surface area contributed by atoms with Gasteiger partial charge in [-0.05, 0) is 37.3 Å². The van der Waals surface area contributed by atoms with E-state index < -0.39 is 0 Å². The van der Waals surface area contributed by atoms with Crippen LogP contribution in [0.25, 0.3) is 5.57 Å². The maximum atomic E-state index is 4.64. The molecule has 0 saturated carbocycles. The van der Waals surface area contributed by atoms with Crippen LogP contribution in [0.5, 0.6) is 0 Å². The van der Waals surface area contributed by atoms with Gasteiger partial charge in [-0.25, -0.2) is 0 Å². The van der Waals surface area contributed by atoms with E-state index in [1.54, 1.807) is 0 Å². The number of hydrogen-bond donors (Lipinski definition) is 0. The zero-order valence-electron chi connectivity index (χ0n) is 12.8. The Morgan fingerprint density at radius 3 is 2.52 bits per heavy atom. The predicted octanol–water partition coefficient (Wildman–Crippen LogP) is 5.08. The molecular weight excluding hydrogens is 254 g/mol. The minimum Gasteiger partial charge on any atom is -0.289 e. The molecule has 0 N–H and O–H groups in total. The molecule has 1 aromatic carbocycles. The lowest BCUT2D eigenvalue weighted by Crippen LogP contribution is -1.98. The fourth-order valence-electron chi connectivity index (χ4n) is 2.15. The van der Waals surface area contributed by atoms with Crippen molar-refractivity contribution in [2.75, 3.05) is 6.54 Å². The Labute approximate surface area is 128 Å². The van der Waals surface area contributed by atoms with Gasteiger partial charge in [0.1, 0.15) is 0 Å². The molecule has 0 heterocycles. The maximum Gasteiger partial charge on any atom is 0.0432 e. The van der Waals surface area contributed by atoms with E-state index in [4.69, 9.17) is 0 Å². The molecule has 0 atom stereocenters.